The Labute approximate surface area is 194 Å². The molecule has 1 aromatic heterocycles. The van der Waals surface area contributed by atoms with Gasteiger partial charge in [-0.05, 0) is 60.4 Å². The molecular weight excluding hydrogens is 410 g/mol. The number of aromatic nitrogens is 1. The van der Waals surface area contributed by atoms with Gasteiger partial charge in [-0.1, -0.05) is 55.5 Å². The highest BCUT2D eigenvalue weighted by Crippen LogP contribution is 2.39. The molecule has 2 amide bonds. The van der Waals surface area contributed by atoms with Gasteiger partial charge in [0.25, 0.3) is 5.91 Å². The van der Waals surface area contributed by atoms with Crippen LogP contribution in [0.3, 0.4) is 0 Å². The zero-order chi connectivity index (χ0) is 22.9. The van der Waals surface area contributed by atoms with Gasteiger partial charge < -0.3 is 10.6 Å². The van der Waals surface area contributed by atoms with E-state index in [9.17, 15) is 9.59 Å². The van der Waals surface area contributed by atoms with E-state index in [4.69, 9.17) is 10.7 Å². The highest BCUT2D eigenvalue weighted by molar-refractivity contribution is 6.09. The van der Waals surface area contributed by atoms with E-state index in [1.807, 2.05) is 47.4 Å². The topological polar surface area (TPSA) is 76.3 Å². The van der Waals surface area contributed by atoms with Crippen LogP contribution >= 0.6 is 0 Å². The molecule has 0 radical (unpaired) electrons. The van der Waals surface area contributed by atoms with Crippen molar-refractivity contribution in [1.82, 2.24) is 9.88 Å². The molecule has 2 aromatic carbocycles. The molecule has 0 saturated carbocycles. The third-order valence-electron chi connectivity index (χ3n) is 6.88. The van der Waals surface area contributed by atoms with Crippen molar-refractivity contribution in [2.75, 3.05) is 13.1 Å². The Morgan fingerprint density at radius 2 is 1.82 bits per heavy atom. The molecule has 5 heteroatoms. The van der Waals surface area contributed by atoms with E-state index in [0.29, 0.717) is 19.0 Å². The highest BCUT2D eigenvalue weighted by atomic mass is 16.2. The van der Waals surface area contributed by atoms with Gasteiger partial charge in [0, 0.05) is 18.5 Å². The molecule has 0 bridgehead atoms. The number of likely N-dealkylation sites (tertiary alicyclic amines) is 1. The van der Waals surface area contributed by atoms with Gasteiger partial charge in [-0.2, -0.15) is 0 Å². The van der Waals surface area contributed by atoms with Crippen LogP contribution in [0.1, 0.15) is 53.4 Å². The first kappa shape index (κ1) is 21.4. The summed E-state index contributed by atoms with van der Waals surface area (Å²) in [6.45, 7) is 3.27. The van der Waals surface area contributed by atoms with Crippen molar-refractivity contribution in [3.63, 3.8) is 0 Å². The largest absolute Gasteiger partial charge is 0.369 e. The lowest BCUT2D eigenvalue weighted by atomic mass is 9.80. The summed E-state index contributed by atoms with van der Waals surface area (Å²) in [6, 6.07) is 18.2. The smallest absolute Gasteiger partial charge is 0.254 e. The minimum Gasteiger partial charge on any atom is -0.369 e. The molecule has 1 aliphatic heterocycles. The second kappa shape index (κ2) is 8.81. The molecule has 2 heterocycles. The van der Waals surface area contributed by atoms with Crippen LogP contribution in [-0.2, 0) is 11.2 Å². The van der Waals surface area contributed by atoms with E-state index < -0.39 is 0 Å². The van der Waals surface area contributed by atoms with E-state index in [1.54, 1.807) is 0 Å². The van der Waals surface area contributed by atoms with Gasteiger partial charge >= 0.3 is 0 Å². The first-order chi connectivity index (χ1) is 16.0. The fourth-order valence-corrected chi connectivity index (χ4v) is 5.28. The van der Waals surface area contributed by atoms with Crippen molar-refractivity contribution < 1.29 is 9.59 Å². The van der Waals surface area contributed by atoms with Crippen molar-refractivity contribution in [2.24, 2.45) is 17.6 Å². The first-order valence-electron chi connectivity index (χ1n) is 11.8. The standard InChI is InChI=1S/C28H29N3O2/c1-18-14-21(16-19-8-3-2-4-9-19)26-23(15-18)25(22-11-5-6-12-24(22)30-26)28(33)31-13-7-10-20(17-31)27(29)32/h2-6,8-9,11-12,16,18,20H,7,10,13-15,17H2,1H3,(H2,29,32). The molecule has 33 heavy (non-hydrogen) atoms. The average Bonchev–Trinajstić information content (AvgIpc) is 2.83. The van der Waals surface area contributed by atoms with Gasteiger partial charge in [-0.25, -0.2) is 4.98 Å². The average molecular weight is 440 g/mol. The minimum atomic E-state index is -0.323. The summed E-state index contributed by atoms with van der Waals surface area (Å²) in [4.78, 5) is 32.6. The number of carbonyl (C=O) groups excluding carboxylic acids is 2. The molecule has 2 unspecified atom stereocenters. The summed E-state index contributed by atoms with van der Waals surface area (Å²) in [5.74, 6) is -0.208. The SMILES string of the molecule is CC1CC(=Cc2ccccc2)c2nc3ccccc3c(C(=O)N3CCCC(C(N)=O)C3)c2C1. The molecular formula is C28H29N3O2. The van der Waals surface area contributed by atoms with Crippen LogP contribution in [0, 0.1) is 11.8 Å². The summed E-state index contributed by atoms with van der Waals surface area (Å²) < 4.78 is 0. The van der Waals surface area contributed by atoms with Gasteiger partial charge in [0.1, 0.15) is 0 Å². The Hall–Kier alpha value is -3.47. The maximum atomic E-state index is 14.0. The number of carbonyl (C=O) groups is 2. The number of pyridine rings is 1. The molecule has 168 valence electrons. The van der Waals surface area contributed by atoms with Crippen LogP contribution in [0.4, 0.5) is 0 Å². The number of allylic oxidation sites excluding steroid dienone is 1. The maximum absolute atomic E-state index is 14.0. The summed E-state index contributed by atoms with van der Waals surface area (Å²) in [7, 11) is 0. The Balaban J connectivity index is 1.66. The summed E-state index contributed by atoms with van der Waals surface area (Å²) in [5, 5.41) is 0.885. The van der Waals surface area contributed by atoms with E-state index >= 15 is 0 Å². The van der Waals surface area contributed by atoms with Crippen LogP contribution in [0.15, 0.2) is 54.6 Å². The van der Waals surface area contributed by atoms with Gasteiger partial charge in [-0.15, -0.1) is 0 Å². The normalized spacial score (nSPS) is 21.7. The third-order valence-corrected chi connectivity index (χ3v) is 6.88. The molecule has 1 aliphatic carbocycles. The summed E-state index contributed by atoms with van der Waals surface area (Å²) >= 11 is 0. The van der Waals surface area contributed by atoms with Crippen LogP contribution in [0.25, 0.3) is 22.6 Å². The zero-order valence-corrected chi connectivity index (χ0v) is 19.0. The fourth-order valence-electron chi connectivity index (χ4n) is 5.28. The molecule has 5 rings (SSSR count). The molecule has 1 saturated heterocycles. The van der Waals surface area contributed by atoms with E-state index in [2.05, 4.69) is 25.1 Å². The number of hydrogen-bond acceptors (Lipinski definition) is 3. The molecule has 5 nitrogen and oxygen atoms in total. The second-order valence-electron chi connectivity index (χ2n) is 9.42. The lowest BCUT2D eigenvalue weighted by Crippen LogP contribution is -2.44. The quantitative estimate of drug-likeness (QED) is 0.643. The number of amides is 2. The number of nitrogens with two attached hydrogens (primary N) is 1. The maximum Gasteiger partial charge on any atom is 0.254 e. The van der Waals surface area contributed by atoms with E-state index in [0.717, 1.165) is 59.0 Å². The van der Waals surface area contributed by atoms with Gasteiger partial charge in [0.2, 0.25) is 5.91 Å². The number of hydrogen-bond donors (Lipinski definition) is 1. The number of benzene rings is 2. The number of rotatable bonds is 3. The Morgan fingerprint density at radius 3 is 2.61 bits per heavy atom. The highest BCUT2D eigenvalue weighted by Gasteiger charge is 2.33. The van der Waals surface area contributed by atoms with Gasteiger partial charge in [0.15, 0.2) is 0 Å². The van der Waals surface area contributed by atoms with Crippen molar-refractivity contribution in [1.29, 1.82) is 0 Å². The molecule has 2 N–H and O–H groups in total. The van der Waals surface area contributed by atoms with Gasteiger partial charge in [-0.3, -0.25) is 9.59 Å². The van der Waals surface area contributed by atoms with Crippen molar-refractivity contribution in [3.8, 4) is 0 Å². The molecule has 3 aromatic rings. The van der Waals surface area contributed by atoms with E-state index in [1.165, 1.54) is 5.57 Å². The number of primary amides is 1. The Bertz CT molecular complexity index is 1250. The molecule has 1 fully saturated rings. The van der Waals surface area contributed by atoms with Crippen molar-refractivity contribution >= 4 is 34.4 Å². The van der Waals surface area contributed by atoms with E-state index in [-0.39, 0.29) is 17.7 Å². The third kappa shape index (κ3) is 4.15. The zero-order valence-electron chi connectivity index (χ0n) is 19.0. The number of fused-ring (bicyclic) bond motifs is 2. The molecule has 2 aliphatic rings. The fraction of sp³-hybridized carbons (Fsp3) is 0.321. The summed E-state index contributed by atoms with van der Waals surface area (Å²) in [5.41, 5.74) is 11.4. The van der Waals surface area contributed by atoms with Crippen molar-refractivity contribution in [3.05, 3.63) is 77.0 Å². The predicted octanol–water partition coefficient (Wildman–Crippen LogP) is 4.70. The minimum absolute atomic E-state index is 0.0102. The van der Waals surface area contributed by atoms with Crippen LogP contribution in [-0.4, -0.2) is 34.8 Å². The first-order valence-corrected chi connectivity index (χ1v) is 11.8. The lowest BCUT2D eigenvalue weighted by Gasteiger charge is -2.33. The monoisotopic (exact) mass is 439 g/mol. The van der Waals surface area contributed by atoms with Crippen molar-refractivity contribution in [2.45, 2.75) is 32.6 Å². The van der Waals surface area contributed by atoms with Gasteiger partial charge in [0.05, 0.1) is 22.7 Å². The number of nitrogens with zero attached hydrogens (tertiary/aromatic N) is 2. The van der Waals surface area contributed by atoms with Crippen LogP contribution in [0.2, 0.25) is 0 Å². The second-order valence-corrected chi connectivity index (χ2v) is 9.42. The molecule has 2 atom stereocenters. The predicted molar refractivity (Wildman–Crippen MR) is 131 cm³/mol. The Morgan fingerprint density at radius 1 is 1.06 bits per heavy atom. The number of piperidine rings is 1. The Kier molecular flexibility index (Phi) is 5.71. The van der Waals surface area contributed by atoms with Crippen LogP contribution < -0.4 is 5.73 Å². The lowest BCUT2D eigenvalue weighted by molar-refractivity contribution is -0.123. The van der Waals surface area contributed by atoms with Crippen LogP contribution in [0.5, 0.6) is 0 Å². The summed E-state index contributed by atoms with van der Waals surface area (Å²) in [6.07, 6.45) is 5.48. The molecule has 0 spiro atoms. The number of para-hydroxylation sites is 1.